The third-order valence-electron chi connectivity index (χ3n) is 6.21. The predicted molar refractivity (Wildman–Crippen MR) is 133 cm³/mol. The van der Waals surface area contributed by atoms with E-state index in [2.05, 4.69) is 17.3 Å². The summed E-state index contributed by atoms with van der Waals surface area (Å²) in [6.45, 7) is 1.48. The minimum atomic E-state index is -3.55. The highest BCUT2D eigenvalue weighted by molar-refractivity contribution is 7.89. The van der Waals surface area contributed by atoms with E-state index >= 15 is 0 Å². The average molecular weight is 486 g/mol. The highest BCUT2D eigenvalue weighted by atomic mass is 32.2. The van der Waals surface area contributed by atoms with Crippen molar-refractivity contribution in [1.82, 2.24) is 14.5 Å². The number of hydrogen-bond acceptors (Lipinski definition) is 4. The van der Waals surface area contributed by atoms with Gasteiger partial charge in [-0.1, -0.05) is 45.1 Å². The molecule has 0 aliphatic heterocycles. The molecular formula is C26H32FN3O3S. The quantitative estimate of drug-likeness (QED) is 0.339. The number of benzene rings is 2. The summed E-state index contributed by atoms with van der Waals surface area (Å²) >= 11 is 0. The number of amides is 1. The van der Waals surface area contributed by atoms with Crippen LogP contribution in [-0.4, -0.2) is 35.3 Å². The molecule has 2 aromatic carbocycles. The van der Waals surface area contributed by atoms with Crippen LogP contribution < -0.4 is 5.32 Å². The van der Waals surface area contributed by atoms with E-state index in [0.717, 1.165) is 48.2 Å². The largest absolute Gasteiger partial charge is 0.349 e. The van der Waals surface area contributed by atoms with E-state index in [1.807, 2.05) is 6.07 Å². The van der Waals surface area contributed by atoms with Crippen molar-refractivity contribution in [1.29, 1.82) is 0 Å². The second-order valence-electron chi connectivity index (χ2n) is 9.14. The number of nitrogens with zero attached hydrogens (tertiary/aromatic N) is 2. The summed E-state index contributed by atoms with van der Waals surface area (Å²) in [6, 6.07) is 10.6. The zero-order chi connectivity index (χ0) is 24.1. The van der Waals surface area contributed by atoms with Crippen molar-refractivity contribution in [3.8, 4) is 11.1 Å². The van der Waals surface area contributed by atoms with Crippen molar-refractivity contribution in [2.45, 2.75) is 71.0 Å². The van der Waals surface area contributed by atoms with E-state index in [-0.39, 0.29) is 17.7 Å². The molecule has 0 atom stereocenters. The first kappa shape index (κ1) is 24.4. The van der Waals surface area contributed by atoms with Crippen LogP contribution in [0.5, 0.6) is 0 Å². The number of carbonyl (C=O) groups is 1. The topological polar surface area (TPSA) is 81.1 Å². The maximum atomic E-state index is 13.5. The lowest BCUT2D eigenvalue weighted by molar-refractivity contribution is 0.0951. The summed E-state index contributed by atoms with van der Waals surface area (Å²) in [5, 5.41) is 7.77. The fourth-order valence-electron chi connectivity index (χ4n) is 4.12. The van der Waals surface area contributed by atoms with Gasteiger partial charge in [0.1, 0.15) is 6.67 Å². The van der Waals surface area contributed by atoms with E-state index in [1.165, 1.54) is 12.6 Å². The van der Waals surface area contributed by atoms with Gasteiger partial charge >= 0.3 is 0 Å². The van der Waals surface area contributed by atoms with Gasteiger partial charge in [0.2, 0.25) is 0 Å². The number of alkyl halides is 1. The van der Waals surface area contributed by atoms with Crippen LogP contribution in [-0.2, 0) is 16.7 Å². The Morgan fingerprint density at radius 1 is 1.06 bits per heavy atom. The normalized spacial score (nSPS) is 13.9. The Morgan fingerprint density at radius 3 is 2.56 bits per heavy atom. The minimum absolute atomic E-state index is 0.0651. The second-order valence-corrected chi connectivity index (χ2v) is 11.1. The van der Waals surface area contributed by atoms with Crippen LogP contribution in [0.4, 0.5) is 4.39 Å². The lowest BCUT2D eigenvalue weighted by Gasteiger charge is -2.10. The van der Waals surface area contributed by atoms with Crippen molar-refractivity contribution in [2.75, 3.05) is 5.75 Å². The minimum Gasteiger partial charge on any atom is -0.349 e. The number of unbranched alkanes of at least 4 members (excludes halogenated alkanes) is 5. The van der Waals surface area contributed by atoms with Gasteiger partial charge in [0.05, 0.1) is 17.5 Å². The van der Waals surface area contributed by atoms with Gasteiger partial charge in [0.15, 0.2) is 0 Å². The summed E-state index contributed by atoms with van der Waals surface area (Å²) < 4.78 is 40.3. The van der Waals surface area contributed by atoms with Gasteiger partial charge in [0.25, 0.3) is 15.9 Å². The second kappa shape index (κ2) is 10.7. The Balaban J connectivity index is 1.54. The van der Waals surface area contributed by atoms with Crippen molar-refractivity contribution >= 4 is 26.8 Å². The van der Waals surface area contributed by atoms with Crippen molar-refractivity contribution < 1.29 is 17.6 Å². The van der Waals surface area contributed by atoms with Crippen LogP contribution in [0.3, 0.4) is 0 Å². The fourth-order valence-corrected chi connectivity index (χ4v) is 5.52. The molecule has 0 radical (unpaired) electrons. The average Bonchev–Trinajstić information content (AvgIpc) is 3.54. The zero-order valence-electron chi connectivity index (χ0n) is 19.6. The molecule has 1 saturated carbocycles. The Bertz CT molecular complexity index is 1270. The molecule has 1 N–H and O–H groups in total. The third kappa shape index (κ3) is 5.84. The number of hydrogen-bond donors (Lipinski definition) is 1. The molecule has 6 nitrogen and oxygen atoms in total. The van der Waals surface area contributed by atoms with Gasteiger partial charge in [-0.25, -0.2) is 12.8 Å². The fraction of sp³-hybridized carbons (Fsp3) is 0.462. The standard InChI is InChI=1S/C26H32FN3O3S/c1-2-3-4-5-6-7-12-34(32,33)30-25-11-8-20(15-23(25)18-28-30)21-13-19(17-27)14-22(16-21)26(31)29-24-9-10-24/h8,11,13-16,18,24H,2-7,9-10,12,17H2,1H3,(H,29,31). The van der Waals surface area contributed by atoms with E-state index < -0.39 is 16.7 Å². The maximum Gasteiger partial charge on any atom is 0.254 e. The first-order valence-corrected chi connectivity index (χ1v) is 13.7. The van der Waals surface area contributed by atoms with Crippen LogP contribution in [0.25, 0.3) is 22.0 Å². The van der Waals surface area contributed by atoms with Crippen LogP contribution in [0.2, 0.25) is 0 Å². The molecule has 34 heavy (non-hydrogen) atoms. The van der Waals surface area contributed by atoms with E-state index in [9.17, 15) is 17.6 Å². The van der Waals surface area contributed by atoms with Crippen molar-refractivity contribution in [3.63, 3.8) is 0 Å². The molecule has 8 heteroatoms. The number of carbonyl (C=O) groups excluding carboxylic acids is 1. The number of fused-ring (bicyclic) bond motifs is 1. The van der Waals surface area contributed by atoms with Crippen LogP contribution in [0.15, 0.2) is 42.6 Å². The van der Waals surface area contributed by atoms with Crippen LogP contribution in [0.1, 0.15) is 74.2 Å². The molecule has 1 fully saturated rings. The molecule has 1 aliphatic carbocycles. The van der Waals surface area contributed by atoms with Crippen molar-refractivity contribution in [3.05, 3.63) is 53.7 Å². The first-order chi connectivity index (χ1) is 16.4. The number of nitrogens with one attached hydrogen (secondary N) is 1. The van der Waals surface area contributed by atoms with Gasteiger partial charge in [-0.15, -0.1) is 0 Å². The Morgan fingerprint density at radius 2 is 1.82 bits per heavy atom. The van der Waals surface area contributed by atoms with E-state index in [1.54, 1.807) is 30.3 Å². The summed E-state index contributed by atoms with van der Waals surface area (Å²) in [4.78, 5) is 12.5. The number of halogens is 1. The van der Waals surface area contributed by atoms with Gasteiger partial charge in [-0.2, -0.15) is 9.19 Å². The zero-order valence-corrected chi connectivity index (χ0v) is 20.4. The molecule has 1 aliphatic rings. The first-order valence-electron chi connectivity index (χ1n) is 12.1. The molecule has 0 spiro atoms. The Labute approximate surface area is 200 Å². The van der Waals surface area contributed by atoms with Crippen LogP contribution in [0, 0.1) is 0 Å². The molecule has 182 valence electrons. The molecule has 0 saturated heterocycles. The van der Waals surface area contributed by atoms with Gasteiger partial charge in [-0.3, -0.25) is 4.79 Å². The molecule has 1 aromatic heterocycles. The van der Waals surface area contributed by atoms with E-state index in [0.29, 0.717) is 34.0 Å². The smallest absolute Gasteiger partial charge is 0.254 e. The van der Waals surface area contributed by atoms with E-state index in [4.69, 9.17) is 0 Å². The molecule has 1 heterocycles. The lowest BCUT2D eigenvalue weighted by atomic mass is 9.99. The summed E-state index contributed by atoms with van der Waals surface area (Å²) in [7, 11) is -3.55. The predicted octanol–water partition coefficient (Wildman–Crippen LogP) is 5.60. The van der Waals surface area contributed by atoms with Crippen molar-refractivity contribution in [2.24, 2.45) is 0 Å². The number of aromatic nitrogens is 2. The molecule has 4 rings (SSSR count). The molecule has 1 amide bonds. The lowest BCUT2D eigenvalue weighted by Crippen LogP contribution is -2.25. The Kier molecular flexibility index (Phi) is 7.66. The monoisotopic (exact) mass is 485 g/mol. The highest BCUT2D eigenvalue weighted by Crippen LogP contribution is 2.28. The summed E-state index contributed by atoms with van der Waals surface area (Å²) in [5.41, 5.74) is 2.85. The summed E-state index contributed by atoms with van der Waals surface area (Å²) in [6.07, 6.45) is 9.53. The third-order valence-corrected chi connectivity index (χ3v) is 7.83. The van der Waals surface area contributed by atoms with Gasteiger partial charge in [-0.05, 0) is 66.3 Å². The maximum absolute atomic E-state index is 13.5. The van der Waals surface area contributed by atoms with Crippen LogP contribution >= 0.6 is 0 Å². The highest BCUT2D eigenvalue weighted by Gasteiger charge is 2.24. The molecule has 0 bridgehead atoms. The molecular weight excluding hydrogens is 453 g/mol. The number of rotatable bonds is 12. The van der Waals surface area contributed by atoms with Gasteiger partial charge in [0, 0.05) is 17.0 Å². The summed E-state index contributed by atoms with van der Waals surface area (Å²) in [5.74, 6) is -0.135. The van der Waals surface area contributed by atoms with Gasteiger partial charge < -0.3 is 5.32 Å². The molecule has 0 unspecified atom stereocenters. The Hall–Kier alpha value is -2.74. The molecule has 3 aromatic rings. The SMILES string of the molecule is CCCCCCCCS(=O)(=O)n1ncc2cc(-c3cc(CF)cc(C(=O)NC4CC4)c3)ccc21.